The van der Waals surface area contributed by atoms with Crippen molar-refractivity contribution in [1.82, 2.24) is 10.2 Å². The highest BCUT2D eigenvalue weighted by Gasteiger charge is 2.52. The van der Waals surface area contributed by atoms with Crippen molar-refractivity contribution in [2.24, 2.45) is 10.9 Å². The zero-order valence-corrected chi connectivity index (χ0v) is 21.0. The van der Waals surface area contributed by atoms with Gasteiger partial charge in [0.2, 0.25) is 5.91 Å². The van der Waals surface area contributed by atoms with Gasteiger partial charge in [0.15, 0.2) is 0 Å². The van der Waals surface area contributed by atoms with Crippen LogP contribution in [-0.4, -0.2) is 59.6 Å². The van der Waals surface area contributed by atoms with E-state index in [0.717, 1.165) is 19.3 Å². The molecule has 2 N–H and O–H groups in total. The zero-order chi connectivity index (χ0) is 25.9. The van der Waals surface area contributed by atoms with Gasteiger partial charge in [-0.15, -0.1) is 0 Å². The molecule has 2 amide bonds. The lowest BCUT2D eigenvalue weighted by Crippen LogP contribution is -2.55. The predicted molar refractivity (Wildman–Crippen MR) is 131 cm³/mol. The first kappa shape index (κ1) is 26.3. The molecule has 2 aliphatic rings. The summed E-state index contributed by atoms with van der Waals surface area (Å²) in [5.41, 5.74) is 0.534. The van der Waals surface area contributed by atoms with E-state index in [9.17, 15) is 19.2 Å². The van der Waals surface area contributed by atoms with Gasteiger partial charge >= 0.3 is 6.09 Å². The van der Waals surface area contributed by atoms with Crippen LogP contribution in [0.3, 0.4) is 0 Å². The highest BCUT2D eigenvalue weighted by Crippen LogP contribution is 2.43. The summed E-state index contributed by atoms with van der Waals surface area (Å²) >= 11 is 0. The minimum atomic E-state index is -0.958. The molecule has 2 fully saturated rings. The van der Waals surface area contributed by atoms with Crippen LogP contribution in [0, 0.1) is 28.5 Å². The topological polar surface area (TPSA) is 119 Å². The SMILES string of the molecule is CN=CC(C(C)=N)c1ccc(CC(C#N)NC(=O)C2C3CCC(C3)N2C(=O)OC(C)(C)C)c(F)c1. The Morgan fingerprint density at radius 3 is 2.69 bits per heavy atom. The fourth-order valence-electron chi connectivity index (χ4n) is 5.03. The molecule has 1 aliphatic carbocycles. The minimum absolute atomic E-state index is 0.0162. The molecule has 1 saturated heterocycles. The quantitative estimate of drug-likeness (QED) is 0.570. The van der Waals surface area contributed by atoms with Crippen molar-refractivity contribution >= 4 is 23.9 Å². The van der Waals surface area contributed by atoms with E-state index < -0.39 is 41.4 Å². The highest BCUT2D eigenvalue weighted by molar-refractivity contribution is 6.00. The fourth-order valence-corrected chi connectivity index (χ4v) is 5.03. The van der Waals surface area contributed by atoms with E-state index in [-0.39, 0.29) is 23.9 Å². The van der Waals surface area contributed by atoms with Gasteiger partial charge in [-0.2, -0.15) is 5.26 Å². The Hall–Kier alpha value is -3.28. The van der Waals surface area contributed by atoms with E-state index in [1.807, 2.05) is 6.07 Å². The third-order valence-electron chi connectivity index (χ3n) is 6.56. The zero-order valence-electron chi connectivity index (χ0n) is 21.0. The number of nitriles is 1. The number of halogens is 1. The summed E-state index contributed by atoms with van der Waals surface area (Å²) in [6.45, 7) is 6.97. The first-order chi connectivity index (χ1) is 16.4. The van der Waals surface area contributed by atoms with Gasteiger partial charge in [0, 0.05) is 31.4 Å². The van der Waals surface area contributed by atoms with E-state index >= 15 is 0 Å². The number of likely N-dealkylation sites (tertiary alicyclic amines) is 1. The molecule has 0 radical (unpaired) electrons. The average Bonchev–Trinajstić information content (AvgIpc) is 3.38. The number of aliphatic imine (C=N–C) groups is 1. The Balaban J connectivity index is 1.72. The summed E-state index contributed by atoms with van der Waals surface area (Å²) in [6.07, 6.45) is 3.44. The molecule has 188 valence electrons. The summed E-state index contributed by atoms with van der Waals surface area (Å²) < 4.78 is 20.4. The number of amides is 2. The van der Waals surface area contributed by atoms with Crippen molar-refractivity contribution in [3.8, 4) is 6.07 Å². The molecule has 8 nitrogen and oxygen atoms in total. The highest BCUT2D eigenvalue weighted by atomic mass is 19.1. The van der Waals surface area contributed by atoms with Crippen LogP contribution in [0.1, 0.15) is 64.0 Å². The largest absolute Gasteiger partial charge is 0.444 e. The van der Waals surface area contributed by atoms with Crippen molar-refractivity contribution < 1.29 is 18.7 Å². The second kappa shape index (κ2) is 10.5. The third-order valence-corrected chi connectivity index (χ3v) is 6.56. The second-order valence-electron chi connectivity index (χ2n) is 10.4. The van der Waals surface area contributed by atoms with Crippen LogP contribution in [0.5, 0.6) is 0 Å². The molecule has 1 saturated carbocycles. The number of fused-ring (bicyclic) bond motifs is 2. The third kappa shape index (κ3) is 6.05. The lowest BCUT2D eigenvalue weighted by atomic mass is 9.93. The van der Waals surface area contributed by atoms with Crippen LogP contribution < -0.4 is 5.32 Å². The Labute approximate surface area is 206 Å². The van der Waals surface area contributed by atoms with Crippen LogP contribution in [0.2, 0.25) is 0 Å². The molecule has 1 aromatic rings. The number of nitrogens with zero attached hydrogens (tertiary/aromatic N) is 3. The van der Waals surface area contributed by atoms with Gasteiger partial charge in [0.1, 0.15) is 23.5 Å². The number of piperidine rings is 1. The first-order valence-corrected chi connectivity index (χ1v) is 11.9. The molecule has 1 aliphatic heterocycles. The summed E-state index contributed by atoms with van der Waals surface area (Å²) in [4.78, 5) is 31.5. The predicted octanol–water partition coefficient (Wildman–Crippen LogP) is 3.99. The molecule has 1 heterocycles. The normalized spacial score (nSPS) is 23.1. The van der Waals surface area contributed by atoms with Crippen molar-refractivity contribution in [3.05, 3.63) is 35.1 Å². The maximum absolute atomic E-state index is 14.9. The Morgan fingerprint density at radius 1 is 1.40 bits per heavy atom. The summed E-state index contributed by atoms with van der Waals surface area (Å²) in [6, 6.07) is 4.97. The van der Waals surface area contributed by atoms with Crippen molar-refractivity contribution in [1.29, 1.82) is 10.7 Å². The van der Waals surface area contributed by atoms with Crippen LogP contribution in [-0.2, 0) is 16.0 Å². The summed E-state index contributed by atoms with van der Waals surface area (Å²) in [5, 5.41) is 20.3. The Bertz CT molecular complexity index is 1060. The van der Waals surface area contributed by atoms with Crippen LogP contribution in [0.4, 0.5) is 9.18 Å². The number of ether oxygens (including phenoxy) is 1. The molecular formula is C26H34FN5O3. The smallest absolute Gasteiger partial charge is 0.411 e. The Kier molecular flexibility index (Phi) is 7.93. The molecular weight excluding hydrogens is 449 g/mol. The van der Waals surface area contributed by atoms with E-state index in [0.29, 0.717) is 11.3 Å². The van der Waals surface area contributed by atoms with Gasteiger partial charge in [-0.05, 0) is 70.1 Å². The first-order valence-electron chi connectivity index (χ1n) is 11.9. The molecule has 35 heavy (non-hydrogen) atoms. The number of carbonyl (C=O) groups is 2. The van der Waals surface area contributed by atoms with Crippen LogP contribution in [0.15, 0.2) is 23.2 Å². The molecule has 0 aromatic heterocycles. The summed E-state index contributed by atoms with van der Waals surface area (Å²) in [7, 11) is 1.60. The van der Waals surface area contributed by atoms with Gasteiger partial charge in [-0.3, -0.25) is 14.7 Å². The van der Waals surface area contributed by atoms with Crippen molar-refractivity contribution in [2.45, 2.75) is 83.0 Å². The Morgan fingerprint density at radius 2 is 2.11 bits per heavy atom. The number of hydrogen-bond donors (Lipinski definition) is 2. The molecule has 9 heteroatoms. The number of nitrogens with one attached hydrogen (secondary N) is 2. The maximum atomic E-state index is 14.9. The lowest BCUT2D eigenvalue weighted by molar-refractivity contribution is -0.128. The monoisotopic (exact) mass is 483 g/mol. The van der Waals surface area contributed by atoms with Gasteiger partial charge in [-0.25, -0.2) is 9.18 Å². The number of benzene rings is 1. The van der Waals surface area contributed by atoms with Gasteiger partial charge in [-0.1, -0.05) is 12.1 Å². The summed E-state index contributed by atoms with van der Waals surface area (Å²) in [5.74, 6) is -1.33. The number of carbonyl (C=O) groups excluding carboxylic acids is 2. The standard InChI is InChI=1S/C26H34FN5O3/c1-15(29)21(14-30-5)16-6-7-17(22(27)12-16)10-19(13-28)31-24(33)23-18-8-9-20(11-18)32(23)25(34)35-26(2,3)4/h6-7,12,14,18-21,23,29H,8-11H2,1-5H3,(H,31,33). The maximum Gasteiger partial charge on any atom is 0.411 e. The van der Waals surface area contributed by atoms with Gasteiger partial charge in [0.25, 0.3) is 0 Å². The molecule has 2 bridgehead atoms. The molecule has 5 atom stereocenters. The lowest BCUT2D eigenvalue weighted by Gasteiger charge is -2.35. The average molecular weight is 484 g/mol. The number of hydrogen-bond acceptors (Lipinski definition) is 6. The number of rotatable bonds is 7. The van der Waals surface area contributed by atoms with Crippen molar-refractivity contribution in [3.63, 3.8) is 0 Å². The van der Waals surface area contributed by atoms with Crippen LogP contribution in [0.25, 0.3) is 0 Å². The molecule has 5 unspecified atom stereocenters. The van der Waals surface area contributed by atoms with Gasteiger partial charge < -0.3 is 15.5 Å². The molecule has 0 spiro atoms. The van der Waals surface area contributed by atoms with E-state index in [1.54, 1.807) is 53.1 Å². The van der Waals surface area contributed by atoms with E-state index in [4.69, 9.17) is 10.1 Å². The van der Waals surface area contributed by atoms with E-state index in [2.05, 4.69) is 10.3 Å². The minimum Gasteiger partial charge on any atom is -0.444 e. The fraction of sp³-hybridized carbons (Fsp3) is 0.577. The molecule has 3 rings (SSSR count). The van der Waals surface area contributed by atoms with Gasteiger partial charge in [0.05, 0.1) is 12.0 Å². The van der Waals surface area contributed by atoms with Crippen molar-refractivity contribution in [2.75, 3.05) is 7.05 Å². The van der Waals surface area contributed by atoms with E-state index in [1.165, 1.54) is 11.0 Å². The molecule has 1 aromatic carbocycles. The second-order valence-corrected chi connectivity index (χ2v) is 10.4. The van der Waals surface area contributed by atoms with Crippen LogP contribution >= 0.6 is 0 Å².